The Morgan fingerprint density at radius 1 is 1.24 bits per heavy atom. The second-order valence-corrected chi connectivity index (χ2v) is 7.06. The summed E-state index contributed by atoms with van der Waals surface area (Å²) < 4.78 is 0. The van der Waals surface area contributed by atoms with Crippen molar-refractivity contribution in [3.8, 4) is 0 Å². The van der Waals surface area contributed by atoms with Gasteiger partial charge in [0.25, 0.3) is 0 Å². The molecule has 1 aliphatic heterocycles. The zero-order chi connectivity index (χ0) is 12.5. The fourth-order valence-electron chi connectivity index (χ4n) is 3.74. The topological polar surface area (TPSA) is 15.3 Å². The molecule has 17 heavy (non-hydrogen) atoms. The molecule has 2 fully saturated rings. The van der Waals surface area contributed by atoms with E-state index < -0.39 is 0 Å². The van der Waals surface area contributed by atoms with Gasteiger partial charge >= 0.3 is 0 Å². The van der Waals surface area contributed by atoms with Crippen LogP contribution >= 0.6 is 0 Å². The molecule has 0 bridgehead atoms. The Kier molecular flexibility index (Phi) is 3.84. The van der Waals surface area contributed by atoms with E-state index >= 15 is 0 Å². The van der Waals surface area contributed by atoms with E-state index in [-0.39, 0.29) is 0 Å². The van der Waals surface area contributed by atoms with Gasteiger partial charge in [0.05, 0.1) is 0 Å². The predicted octanol–water partition coefficient (Wildman–Crippen LogP) is 3.03. The summed E-state index contributed by atoms with van der Waals surface area (Å²) in [5.41, 5.74) is 0.855. The first-order valence-electron chi connectivity index (χ1n) is 7.46. The summed E-state index contributed by atoms with van der Waals surface area (Å²) in [4.78, 5) is 2.79. The number of rotatable bonds is 2. The van der Waals surface area contributed by atoms with Crippen molar-refractivity contribution in [3.63, 3.8) is 0 Å². The highest BCUT2D eigenvalue weighted by atomic mass is 15.2. The molecule has 2 nitrogen and oxygen atoms in total. The van der Waals surface area contributed by atoms with Gasteiger partial charge in [0.2, 0.25) is 0 Å². The molecule has 0 aromatic carbocycles. The maximum absolute atomic E-state index is 3.75. The SMILES string of the molecule is CCC1(C)CN(C2CCCC2(C)C)CCCN1. The van der Waals surface area contributed by atoms with E-state index in [0.29, 0.717) is 11.0 Å². The van der Waals surface area contributed by atoms with Crippen LogP contribution in [-0.4, -0.2) is 36.1 Å². The number of hydrogen-bond donors (Lipinski definition) is 1. The van der Waals surface area contributed by atoms with Crippen molar-refractivity contribution in [2.24, 2.45) is 5.41 Å². The second kappa shape index (κ2) is 4.89. The Bertz CT molecular complexity index is 262. The van der Waals surface area contributed by atoms with Crippen LogP contribution in [0.15, 0.2) is 0 Å². The maximum atomic E-state index is 3.75. The van der Waals surface area contributed by atoms with Gasteiger partial charge < -0.3 is 5.32 Å². The van der Waals surface area contributed by atoms with Crippen LogP contribution in [0.1, 0.15) is 59.8 Å². The van der Waals surface area contributed by atoms with E-state index in [1.54, 1.807) is 0 Å². The first kappa shape index (κ1) is 13.4. The summed E-state index contributed by atoms with van der Waals surface area (Å²) in [6.07, 6.45) is 6.78. The zero-order valence-corrected chi connectivity index (χ0v) is 12.2. The molecular weight excluding hydrogens is 208 g/mol. The molecule has 2 atom stereocenters. The van der Waals surface area contributed by atoms with Crippen LogP contribution in [0, 0.1) is 5.41 Å². The molecule has 2 unspecified atom stereocenters. The minimum Gasteiger partial charge on any atom is -0.310 e. The third kappa shape index (κ3) is 2.85. The fraction of sp³-hybridized carbons (Fsp3) is 1.00. The minimum absolute atomic E-state index is 0.329. The first-order valence-corrected chi connectivity index (χ1v) is 7.46. The first-order chi connectivity index (χ1) is 7.97. The monoisotopic (exact) mass is 238 g/mol. The molecule has 1 saturated heterocycles. The summed E-state index contributed by atoms with van der Waals surface area (Å²) in [5.74, 6) is 0. The highest BCUT2D eigenvalue weighted by Crippen LogP contribution is 2.41. The molecular formula is C15H30N2. The van der Waals surface area contributed by atoms with Crippen LogP contribution in [0.4, 0.5) is 0 Å². The van der Waals surface area contributed by atoms with Crippen LogP contribution in [0.5, 0.6) is 0 Å². The van der Waals surface area contributed by atoms with Crippen molar-refractivity contribution in [1.29, 1.82) is 0 Å². The van der Waals surface area contributed by atoms with Crippen LogP contribution in [0.3, 0.4) is 0 Å². The summed E-state index contributed by atoms with van der Waals surface area (Å²) in [6, 6.07) is 0.813. The minimum atomic E-state index is 0.329. The van der Waals surface area contributed by atoms with E-state index in [4.69, 9.17) is 0 Å². The average molecular weight is 238 g/mol. The predicted molar refractivity (Wildman–Crippen MR) is 74.3 cm³/mol. The van der Waals surface area contributed by atoms with Crippen molar-refractivity contribution >= 4 is 0 Å². The van der Waals surface area contributed by atoms with E-state index in [9.17, 15) is 0 Å². The standard InChI is InChI=1S/C15H30N2/c1-5-15(4)12-17(11-7-10-16-15)13-8-6-9-14(13,2)3/h13,16H,5-12H2,1-4H3. The van der Waals surface area contributed by atoms with Crippen LogP contribution in [0.25, 0.3) is 0 Å². The Morgan fingerprint density at radius 2 is 2.00 bits per heavy atom. The van der Waals surface area contributed by atoms with Gasteiger partial charge in [-0.25, -0.2) is 0 Å². The largest absolute Gasteiger partial charge is 0.310 e. The van der Waals surface area contributed by atoms with Crippen LogP contribution in [-0.2, 0) is 0 Å². The van der Waals surface area contributed by atoms with E-state index in [1.807, 2.05) is 0 Å². The van der Waals surface area contributed by atoms with Crippen LogP contribution < -0.4 is 5.32 Å². The zero-order valence-electron chi connectivity index (χ0n) is 12.2. The Labute approximate surface area is 107 Å². The molecule has 0 amide bonds. The van der Waals surface area contributed by atoms with Gasteiger partial charge in [-0.1, -0.05) is 27.2 Å². The number of nitrogens with zero attached hydrogens (tertiary/aromatic N) is 1. The second-order valence-electron chi connectivity index (χ2n) is 7.06. The third-order valence-corrected chi connectivity index (χ3v) is 5.15. The number of hydrogen-bond acceptors (Lipinski definition) is 2. The maximum Gasteiger partial charge on any atom is 0.0277 e. The molecule has 100 valence electrons. The van der Waals surface area contributed by atoms with E-state index in [2.05, 4.69) is 37.9 Å². The summed E-state index contributed by atoms with van der Waals surface area (Å²) in [6.45, 7) is 13.4. The van der Waals surface area contributed by atoms with Gasteiger partial charge in [-0.05, 0) is 51.1 Å². The van der Waals surface area contributed by atoms with Crippen molar-refractivity contribution in [1.82, 2.24) is 10.2 Å². The quantitative estimate of drug-likeness (QED) is 0.795. The third-order valence-electron chi connectivity index (χ3n) is 5.15. The lowest BCUT2D eigenvalue weighted by atomic mass is 9.85. The molecule has 2 heteroatoms. The molecule has 1 saturated carbocycles. The smallest absolute Gasteiger partial charge is 0.0277 e. The van der Waals surface area contributed by atoms with Gasteiger partial charge in [-0.3, -0.25) is 4.90 Å². The molecule has 0 radical (unpaired) electrons. The Morgan fingerprint density at radius 3 is 2.59 bits per heavy atom. The summed E-state index contributed by atoms with van der Waals surface area (Å²) in [5, 5.41) is 3.75. The lowest BCUT2D eigenvalue weighted by Crippen LogP contribution is -2.52. The Balaban J connectivity index is 2.09. The van der Waals surface area contributed by atoms with Gasteiger partial charge in [0.1, 0.15) is 0 Å². The van der Waals surface area contributed by atoms with Crippen molar-refractivity contribution < 1.29 is 0 Å². The average Bonchev–Trinajstić information content (AvgIpc) is 2.51. The normalized spacial score (nSPS) is 39.2. The summed E-state index contributed by atoms with van der Waals surface area (Å²) in [7, 11) is 0. The van der Waals surface area contributed by atoms with Crippen LogP contribution in [0.2, 0.25) is 0 Å². The molecule has 1 N–H and O–H groups in total. The van der Waals surface area contributed by atoms with E-state index in [1.165, 1.54) is 51.7 Å². The van der Waals surface area contributed by atoms with Gasteiger partial charge in [-0.15, -0.1) is 0 Å². The summed E-state index contributed by atoms with van der Waals surface area (Å²) >= 11 is 0. The molecule has 1 aliphatic carbocycles. The molecule has 0 aromatic heterocycles. The van der Waals surface area contributed by atoms with E-state index in [0.717, 1.165) is 6.04 Å². The molecule has 1 heterocycles. The van der Waals surface area contributed by atoms with Crippen molar-refractivity contribution in [2.75, 3.05) is 19.6 Å². The fourth-order valence-corrected chi connectivity index (χ4v) is 3.74. The van der Waals surface area contributed by atoms with Gasteiger partial charge in [0, 0.05) is 18.1 Å². The molecule has 0 aromatic rings. The molecule has 2 aliphatic rings. The van der Waals surface area contributed by atoms with Crippen molar-refractivity contribution in [2.45, 2.75) is 71.4 Å². The lowest BCUT2D eigenvalue weighted by molar-refractivity contribution is 0.0934. The highest BCUT2D eigenvalue weighted by Gasteiger charge is 2.40. The highest BCUT2D eigenvalue weighted by molar-refractivity contribution is 4.97. The lowest BCUT2D eigenvalue weighted by Gasteiger charge is -2.41. The molecule has 0 spiro atoms. The Hall–Kier alpha value is -0.0800. The van der Waals surface area contributed by atoms with Gasteiger partial charge in [0.15, 0.2) is 0 Å². The number of nitrogens with one attached hydrogen (secondary N) is 1. The molecule has 2 rings (SSSR count). The van der Waals surface area contributed by atoms with Crippen molar-refractivity contribution in [3.05, 3.63) is 0 Å². The van der Waals surface area contributed by atoms with Gasteiger partial charge in [-0.2, -0.15) is 0 Å².